The number of fused-ring (bicyclic) bond motifs is 1. The number of carbonyl (C=O) groups excluding carboxylic acids is 3. The van der Waals surface area contributed by atoms with Crippen molar-refractivity contribution < 1.29 is 33.7 Å². The number of anilines is 1. The standard InChI is InChI=1S/C28H17N3O9/c32-26-23-2-1-3-24(31(37)38)25(23)27(33)29(26)19-8-6-18(7-9-19)28(34)39-16-17-4-12-21(13-5-17)40-22-14-10-20(11-15-22)30(35)36/h1-15H,16H2. The molecule has 12 heteroatoms. The summed E-state index contributed by atoms with van der Waals surface area (Å²) in [4.78, 5) is 59.8. The van der Waals surface area contributed by atoms with E-state index in [4.69, 9.17) is 9.47 Å². The molecule has 0 bridgehead atoms. The molecule has 1 aliphatic heterocycles. The Morgan fingerprint density at radius 2 is 1.38 bits per heavy atom. The third kappa shape index (κ3) is 4.96. The molecule has 0 saturated carbocycles. The average molecular weight is 539 g/mol. The predicted octanol–water partition coefficient (Wildman–Crippen LogP) is 5.45. The van der Waals surface area contributed by atoms with Gasteiger partial charge in [0.2, 0.25) is 0 Å². The summed E-state index contributed by atoms with van der Waals surface area (Å²) in [6, 6.07) is 21.7. The van der Waals surface area contributed by atoms with Gasteiger partial charge in [-0.05, 0) is 60.2 Å². The molecule has 0 spiro atoms. The second-order valence-corrected chi connectivity index (χ2v) is 8.52. The van der Waals surface area contributed by atoms with Crippen LogP contribution in [0.25, 0.3) is 0 Å². The van der Waals surface area contributed by atoms with E-state index in [-0.39, 0.29) is 34.7 Å². The summed E-state index contributed by atoms with van der Waals surface area (Å²) >= 11 is 0. The lowest BCUT2D eigenvalue weighted by Gasteiger charge is -2.14. The topological polar surface area (TPSA) is 159 Å². The maximum Gasteiger partial charge on any atom is 0.338 e. The van der Waals surface area contributed by atoms with Crippen molar-refractivity contribution in [3.63, 3.8) is 0 Å². The van der Waals surface area contributed by atoms with E-state index in [0.717, 1.165) is 11.0 Å². The van der Waals surface area contributed by atoms with Crippen LogP contribution in [-0.2, 0) is 11.3 Å². The molecule has 0 radical (unpaired) electrons. The van der Waals surface area contributed by atoms with E-state index in [2.05, 4.69) is 0 Å². The number of carbonyl (C=O) groups is 3. The van der Waals surface area contributed by atoms with Gasteiger partial charge in [0.1, 0.15) is 23.7 Å². The molecule has 2 amide bonds. The fraction of sp³-hybridized carbons (Fsp3) is 0.0357. The summed E-state index contributed by atoms with van der Waals surface area (Å²) in [7, 11) is 0. The Balaban J connectivity index is 1.20. The van der Waals surface area contributed by atoms with Crippen LogP contribution in [0.2, 0.25) is 0 Å². The summed E-state index contributed by atoms with van der Waals surface area (Å²) < 4.78 is 11.0. The lowest BCUT2D eigenvalue weighted by Crippen LogP contribution is -2.29. The minimum Gasteiger partial charge on any atom is -0.457 e. The first kappa shape index (κ1) is 25.7. The number of nitro benzene ring substituents is 2. The molecule has 1 heterocycles. The highest BCUT2D eigenvalue weighted by molar-refractivity contribution is 6.35. The van der Waals surface area contributed by atoms with Crippen LogP contribution in [0, 0.1) is 20.2 Å². The molecular weight excluding hydrogens is 522 g/mol. The SMILES string of the molecule is O=C(OCc1ccc(Oc2ccc([N+](=O)[O-])cc2)cc1)c1ccc(N2C(=O)c3cccc([N+](=O)[O-])c3C2=O)cc1. The molecule has 0 atom stereocenters. The van der Waals surface area contributed by atoms with Gasteiger partial charge in [0.25, 0.3) is 23.2 Å². The van der Waals surface area contributed by atoms with Crippen LogP contribution in [0.5, 0.6) is 11.5 Å². The van der Waals surface area contributed by atoms with Crippen LogP contribution >= 0.6 is 0 Å². The zero-order valence-electron chi connectivity index (χ0n) is 20.4. The number of rotatable bonds is 8. The molecule has 0 aliphatic carbocycles. The fourth-order valence-electron chi connectivity index (χ4n) is 4.06. The van der Waals surface area contributed by atoms with Crippen LogP contribution in [0.15, 0.2) is 91.0 Å². The summed E-state index contributed by atoms with van der Waals surface area (Å²) in [5.74, 6) is -1.25. The molecule has 0 N–H and O–H groups in total. The number of benzene rings is 4. The Morgan fingerprint density at radius 1 is 0.750 bits per heavy atom. The lowest BCUT2D eigenvalue weighted by atomic mass is 10.1. The van der Waals surface area contributed by atoms with Gasteiger partial charge in [0, 0.05) is 18.2 Å². The van der Waals surface area contributed by atoms with Gasteiger partial charge in [-0.15, -0.1) is 0 Å². The molecule has 12 nitrogen and oxygen atoms in total. The monoisotopic (exact) mass is 539 g/mol. The number of hydrogen-bond acceptors (Lipinski definition) is 9. The van der Waals surface area contributed by atoms with E-state index in [1.165, 1.54) is 60.7 Å². The molecule has 5 rings (SSSR count). The highest BCUT2D eigenvalue weighted by atomic mass is 16.6. The fourth-order valence-corrected chi connectivity index (χ4v) is 4.06. The summed E-state index contributed by atoms with van der Waals surface area (Å²) in [5.41, 5.74) is 0.161. The lowest BCUT2D eigenvalue weighted by molar-refractivity contribution is -0.385. The Hall–Kier alpha value is -5.91. The van der Waals surface area contributed by atoms with Crippen molar-refractivity contribution in [3.8, 4) is 11.5 Å². The number of non-ortho nitro benzene ring substituents is 1. The average Bonchev–Trinajstić information content (AvgIpc) is 3.22. The van der Waals surface area contributed by atoms with E-state index in [9.17, 15) is 34.6 Å². The van der Waals surface area contributed by atoms with Gasteiger partial charge < -0.3 is 9.47 Å². The highest BCUT2D eigenvalue weighted by Crippen LogP contribution is 2.34. The van der Waals surface area contributed by atoms with Crippen LogP contribution in [0.4, 0.5) is 17.1 Å². The normalized spacial score (nSPS) is 12.2. The summed E-state index contributed by atoms with van der Waals surface area (Å²) in [6.45, 7) is -0.0412. The second-order valence-electron chi connectivity index (χ2n) is 8.52. The zero-order chi connectivity index (χ0) is 28.4. The first-order valence-electron chi connectivity index (χ1n) is 11.7. The van der Waals surface area contributed by atoms with E-state index in [1.54, 1.807) is 24.3 Å². The van der Waals surface area contributed by atoms with Crippen molar-refractivity contribution in [1.82, 2.24) is 0 Å². The molecule has 4 aromatic carbocycles. The first-order valence-corrected chi connectivity index (χ1v) is 11.7. The van der Waals surface area contributed by atoms with Gasteiger partial charge in [-0.25, -0.2) is 9.69 Å². The largest absolute Gasteiger partial charge is 0.457 e. The first-order chi connectivity index (χ1) is 19.2. The third-order valence-corrected chi connectivity index (χ3v) is 6.03. The summed E-state index contributed by atoms with van der Waals surface area (Å²) in [6.07, 6.45) is 0. The molecule has 198 valence electrons. The van der Waals surface area contributed by atoms with E-state index in [1.807, 2.05) is 0 Å². The number of hydrogen-bond donors (Lipinski definition) is 0. The number of amides is 2. The van der Waals surface area contributed by atoms with Gasteiger partial charge in [-0.3, -0.25) is 29.8 Å². The van der Waals surface area contributed by atoms with E-state index >= 15 is 0 Å². The molecule has 1 aliphatic rings. The van der Waals surface area contributed by atoms with Gasteiger partial charge in [-0.2, -0.15) is 0 Å². The van der Waals surface area contributed by atoms with Crippen LogP contribution in [-0.4, -0.2) is 27.6 Å². The quantitative estimate of drug-likeness (QED) is 0.123. The Kier molecular flexibility index (Phi) is 6.72. The third-order valence-electron chi connectivity index (χ3n) is 6.03. The molecule has 0 unspecified atom stereocenters. The number of ether oxygens (including phenoxy) is 2. The van der Waals surface area contributed by atoms with Gasteiger partial charge in [0.15, 0.2) is 0 Å². The summed E-state index contributed by atoms with van der Waals surface area (Å²) in [5, 5.41) is 22.1. The minimum absolute atomic E-state index is 0.0412. The smallest absolute Gasteiger partial charge is 0.338 e. The van der Waals surface area contributed by atoms with Crippen LogP contribution < -0.4 is 9.64 Å². The number of nitrogens with zero attached hydrogens (tertiary/aromatic N) is 3. The molecule has 0 saturated heterocycles. The number of esters is 1. The van der Waals surface area contributed by atoms with Gasteiger partial charge in [0.05, 0.1) is 26.7 Å². The van der Waals surface area contributed by atoms with Gasteiger partial charge in [-0.1, -0.05) is 18.2 Å². The van der Waals surface area contributed by atoms with Crippen molar-refractivity contribution in [2.24, 2.45) is 0 Å². The van der Waals surface area contributed by atoms with Crippen molar-refractivity contribution in [2.45, 2.75) is 6.61 Å². The maximum absolute atomic E-state index is 12.9. The Labute approximate surface area is 225 Å². The Morgan fingerprint density at radius 3 is 1.98 bits per heavy atom. The van der Waals surface area contributed by atoms with Gasteiger partial charge >= 0.3 is 5.97 Å². The molecule has 0 aromatic heterocycles. The second kappa shape index (κ2) is 10.5. The number of imide groups is 1. The minimum atomic E-state index is -0.816. The number of nitro groups is 2. The predicted molar refractivity (Wildman–Crippen MR) is 139 cm³/mol. The molecule has 0 fully saturated rings. The van der Waals surface area contributed by atoms with Crippen LogP contribution in [0.1, 0.15) is 36.6 Å². The van der Waals surface area contributed by atoms with Crippen molar-refractivity contribution in [3.05, 3.63) is 133 Å². The Bertz CT molecular complexity index is 1670. The van der Waals surface area contributed by atoms with Crippen molar-refractivity contribution in [2.75, 3.05) is 4.90 Å². The molecule has 40 heavy (non-hydrogen) atoms. The van der Waals surface area contributed by atoms with E-state index < -0.39 is 33.3 Å². The van der Waals surface area contributed by atoms with Crippen LogP contribution in [0.3, 0.4) is 0 Å². The van der Waals surface area contributed by atoms with E-state index in [0.29, 0.717) is 17.1 Å². The van der Waals surface area contributed by atoms with Crippen molar-refractivity contribution in [1.29, 1.82) is 0 Å². The maximum atomic E-state index is 12.9. The van der Waals surface area contributed by atoms with Crippen molar-refractivity contribution >= 4 is 34.8 Å². The highest BCUT2D eigenvalue weighted by Gasteiger charge is 2.41. The zero-order valence-corrected chi connectivity index (χ0v) is 20.4. The molecular formula is C28H17N3O9. The molecule has 4 aromatic rings.